The van der Waals surface area contributed by atoms with E-state index in [9.17, 15) is 19.2 Å². The summed E-state index contributed by atoms with van der Waals surface area (Å²) >= 11 is 0. The Hall–Kier alpha value is -9.16. The van der Waals surface area contributed by atoms with E-state index in [1.165, 1.54) is 0 Å². The lowest BCUT2D eigenvalue weighted by Gasteiger charge is -2.29. The number of fused-ring (bicyclic) bond motifs is 8. The molecule has 0 fully saturated rings. The van der Waals surface area contributed by atoms with E-state index < -0.39 is 0 Å². The molecule has 0 radical (unpaired) electrons. The second-order valence-electron chi connectivity index (χ2n) is 25.3. The van der Waals surface area contributed by atoms with Crippen LogP contribution >= 0.6 is 0 Å². The number of nitrogens with one attached hydrogen (secondary N) is 4. The lowest BCUT2D eigenvalue weighted by molar-refractivity contribution is -0.124. The number of carbonyl (C=O) groups is 4. The quantitative estimate of drug-likeness (QED) is 0.0588. The number of ether oxygens (including phenoxy) is 4. The lowest BCUT2D eigenvalue weighted by atomic mass is 9.78. The summed E-state index contributed by atoms with van der Waals surface area (Å²) < 4.78 is 27.3. The fourth-order valence-corrected chi connectivity index (χ4v) is 13.9. The second-order valence-corrected chi connectivity index (χ2v) is 25.3. The Bertz CT molecular complexity index is 3410. The molecule has 0 heterocycles. The number of hydrogen-bond donors (Lipinski definition) is 4. The van der Waals surface area contributed by atoms with Crippen molar-refractivity contribution in [3.05, 3.63) is 255 Å². The molecule has 480 valence electrons. The van der Waals surface area contributed by atoms with Gasteiger partial charge in [-0.15, -0.1) is 0 Å². The smallest absolute Gasteiger partial charge is 0.258 e. The van der Waals surface area contributed by atoms with Crippen LogP contribution < -0.4 is 40.2 Å². The van der Waals surface area contributed by atoms with Gasteiger partial charge in [-0.25, -0.2) is 0 Å². The molecule has 0 unspecified atom stereocenters. The summed E-state index contributed by atoms with van der Waals surface area (Å²) in [6.07, 6.45) is 1.89. The van der Waals surface area contributed by atoms with Crippen LogP contribution in [0.25, 0.3) is 0 Å². The average molecular weight is 1240 g/mol. The Kier molecular flexibility index (Phi) is 21.5. The highest BCUT2D eigenvalue weighted by molar-refractivity contribution is 5.80. The van der Waals surface area contributed by atoms with Crippen LogP contribution in [0.3, 0.4) is 0 Å². The van der Waals surface area contributed by atoms with E-state index in [-0.39, 0.29) is 74.2 Å². The van der Waals surface area contributed by atoms with Crippen molar-refractivity contribution in [1.82, 2.24) is 21.3 Å². The van der Waals surface area contributed by atoms with Gasteiger partial charge in [0, 0.05) is 0 Å². The molecule has 0 aliphatic heterocycles. The first-order valence-corrected chi connectivity index (χ1v) is 32.3. The van der Waals surface area contributed by atoms with E-state index in [0.29, 0.717) is 48.7 Å². The maximum atomic E-state index is 14.0. The Morgan fingerprint density at radius 1 is 0.272 bits per heavy atom. The molecule has 4 atom stereocenters. The first kappa shape index (κ1) is 67.2. The molecule has 12 nitrogen and oxygen atoms in total. The standard InChI is InChI=1S/C80H92N4O8/c1-45-65-37-67-46(2)69(53(9)78(51(67)7)90-42-74(86)82-58(14)62-31-23-18-24-32-62)39-71-48(4)72(56(12)80(55(71)11)92-44-76(88)84-60(16)64-35-27-20-28-36-64)40-70-47(3)68(52(8)79(54(70)10)91-43-75(87)83-59(15)63-33-25-19-26-34-63)38-66(45)50(6)77(49(65)5)89-41-73(85)81-57(13)61-29-21-17-22-30-61/h17-36,57-60H,37-44H2,1-16H3,(H,81,85)(H,82,86)(H,83,87)(H,84,88)/t57-,58-,59-,60-/m0/s1. The van der Waals surface area contributed by atoms with Gasteiger partial charge in [0.25, 0.3) is 23.6 Å². The van der Waals surface area contributed by atoms with Crippen molar-refractivity contribution < 1.29 is 38.1 Å². The van der Waals surface area contributed by atoms with Gasteiger partial charge in [-0.05, 0) is 270 Å². The molecule has 4 N–H and O–H groups in total. The molecule has 9 rings (SSSR count). The van der Waals surface area contributed by atoms with Crippen LogP contribution in [-0.2, 0) is 44.9 Å². The van der Waals surface area contributed by atoms with Crippen LogP contribution in [0.15, 0.2) is 121 Å². The first-order valence-electron chi connectivity index (χ1n) is 32.3. The second kappa shape index (κ2) is 29.4. The van der Waals surface area contributed by atoms with Crippen LogP contribution in [0.4, 0.5) is 0 Å². The van der Waals surface area contributed by atoms with Crippen LogP contribution in [-0.4, -0.2) is 50.1 Å². The fraction of sp³-hybridized carbons (Fsp3) is 0.350. The molecule has 1 aliphatic rings. The molecule has 8 aromatic rings. The van der Waals surface area contributed by atoms with E-state index >= 15 is 0 Å². The molecule has 4 amide bonds. The van der Waals surface area contributed by atoms with Crippen LogP contribution in [0.5, 0.6) is 23.0 Å². The third kappa shape index (κ3) is 14.8. The lowest BCUT2D eigenvalue weighted by Crippen LogP contribution is -2.31. The summed E-state index contributed by atoms with van der Waals surface area (Å²) in [5.74, 6) is 1.60. The van der Waals surface area contributed by atoms with Gasteiger partial charge in [-0.1, -0.05) is 121 Å². The summed E-state index contributed by atoms with van der Waals surface area (Å²) in [5, 5.41) is 12.6. The fourth-order valence-electron chi connectivity index (χ4n) is 13.9. The predicted octanol–water partition coefficient (Wildman–Crippen LogP) is 15.1. The van der Waals surface area contributed by atoms with Crippen molar-refractivity contribution in [3.8, 4) is 23.0 Å². The van der Waals surface area contributed by atoms with Gasteiger partial charge in [-0.3, -0.25) is 19.2 Å². The topological polar surface area (TPSA) is 153 Å². The van der Waals surface area contributed by atoms with Crippen molar-refractivity contribution >= 4 is 23.6 Å². The molecule has 0 saturated carbocycles. The highest BCUT2D eigenvalue weighted by atomic mass is 16.5. The monoisotopic (exact) mass is 1240 g/mol. The Labute approximate surface area is 545 Å². The third-order valence-electron chi connectivity index (χ3n) is 19.5. The van der Waals surface area contributed by atoms with E-state index in [2.05, 4.69) is 104 Å². The number of amides is 4. The number of carbonyl (C=O) groups excluding carboxylic acids is 4. The van der Waals surface area contributed by atoms with Crippen molar-refractivity contribution in [3.63, 3.8) is 0 Å². The molecule has 0 saturated heterocycles. The summed E-state index contributed by atoms with van der Waals surface area (Å²) in [7, 11) is 0. The average Bonchev–Trinajstić information content (AvgIpc) is 0.757. The van der Waals surface area contributed by atoms with Gasteiger partial charge in [0.1, 0.15) is 23.0 Å². The molecule has 8 bridgehead atoms. The van der Waals surface area contributed by atoms with Crippen molar-refractivity contribution in [2.24, 2.45) is 0 Å². The summed E-state index contributed by atoms with van der Waals surface area (Å²) in [5.41, 5.74) is 24.1. The maximum Gasteiger partial charge on any atom is 0.258 e. The van der Waals surface area contributed by atoms with Gasteiger partial charge in [-0.2, -0.15) is 0 Å². The van der Waals surface area contributed by atoms with Gasteiger partial charge in [0.15, 0.2) is 26.4 Å². The van der Waals surface area contributed by atoms with Gasteiger partial charge in [0.05, 0.1) is 24.2 Å². The van der Waals surface area contributed by atoms with Gasteiger partial charge >= 0.3 is 0 Å². The summed E-state index contributed by atoms with van der Waals surface area (Å²) in [4.78, 5) is 55.9. The minimum absolute atomic E-state index is 0.203. The number of hydrogen-bond acceptors (Lipinski definition) is 8. The SMILES string of the molecule is Cc1c2c(C)c(OCC(=O)N[C@@H](C)c3ccccc3)c(C)c1Cc1c(C)c(c(C)c(OCC(=O)N[C@@H](C)c3ccccc3)c1C)Cc1c(C)c(c(C)c(OCC(=O)N[C@@H](C)c3ccccc3)c1C)Cc1c(C)c(c(C)c(OCC(=O)N[C@@H](C)c3ccccc3)c1C)C2. The zero-order chi connectivity index (χ0) is 66.2. The normalized spacial score (nSPS) is 13.2. The van der Waals surface area contributed by atoms with Crippen molar-refractivity contribution in [2.75, 3.05) is 26.4 Å². The molecular weight excluding hydrogens is 1140 g/mol. The molecule has 92 heavy (non-hydrogen) atoms. The maximum absolute atomic E-state index is 14.0. The summed E-state index contributed by atoms with van der Waals surface area (Å²) in [6.45, 7) is 32.6. The van der Waals surface area contributed by atoms with Crippen LogP contribution in [0, 0.1) is 83.1 Å². The predicted molar refractivity (Wildman–Crippen MR) is 368 cm³/mol. The Balaban J connectivity index is 1.22. The highest BCUT2D eigenvalue weighted by Crippen LogP contribution is 2.45. The van der Waals surface area contributed by atoms with Crippen LogP contribution in [0.1, 0.15) is 185 Å². The minimum atomic E-state index is -0.241. The Morgan fingerprint density at radius 3 is 0.576 bits per heavy atom. The van der Waals surface area contributed by atoms with E-state index in [1.54, 1.807) is 0 Å². The molecule has 0 aromatic heterocycles. The zero-order valence-electron chi connectivity index (χ0n) is 56.8. The largest absolute Gasteiger partial charge is 0.483 e. The van der Waals surface area contributed by atoms with E-state index in [1.807, 2.05) is 149 Å². The molecule has 12 heteroatoms. The van der Waals surface area contributed by atoms with Gasteiger partial charge in [0.2, 0.25) is 0 Å². The molecule has 8 aromatic carbocycles. The molecule has 1 aliphatic carbocycles. The third-order valence-corrected chi connectivity index (χ3v) is 19.5. The van der Waals surface area contributed by atoms with Crippen molar-refractivity contribution in [1.29, 1.82) is 0 Å². The number of benzene rings is 8. The Morgan fingerprint density at radius 2 is 0.424 bits per heavy atom. The highest BCUT2D eigenvalue weighted by Gasteiger charge is 2.30. The van der Waals surface area contributed by atoms with Gasteiger partial charge < -0.3 is 40.2 Å². The minimum Gasteiger partial charge on any atom is -0.483 e. The van der Waals surface area contributed by atoms with Crippen LogP contribution in [0.2, 0.25) is 0 Å². The first-order chi connectivity index (χ1) is 43.9. The molecular formula is C80H92N4O8. The molecule has 0 spiro atoms. The zero-order valence-corrected chi connectivity index (χ0v) is 56.8. The van der Waals surface area contributed by atoms with Crippen molar-refractivity contribution in [2.45, 2.75) is 161 Å². The van der Waals surface area contributed by atoms with E-state index in [0.717, 1.165) is 134 Å². The number of rotatable bonds is 20. The summed E-state index contributed by atoms with van der Waals surface area (Å²) in [6, 6.07) is 38.6. The van der Waals surface area contributed by atoms with E-state index in [4.69, 9.17) is 18.9 Å².